The van der Waals surface area contributed by atoms with E-state index in [1.54, 1.807) is 0 Å². The number of rotatable bonds is 5. The Morgan fingerprint density at radius 3 is 2.39 bits per heavy atom. The zero-order valence-corrected chi connectivity index (χ0v) is 12.7. The summed E-state index contributed by atoms with van der Waals surface area (Å²) in [4.78, 5) is 2.37. The van der Waals surface area contributed by atoms with Crippen molar-refractivity contribution in [3.63, 3.8) is 0 Å². The smallest absolute Gasteiger partial charge is 0.0411 e. The van der Waals surface area contributed by atoms with Crippen molar-refractivity contribution in [2.75, 3.05) is 11.9 Å². The number of hydrogen-bond acceptors (Lipinski definition) is 2. The van der Waals surface area contributed by atoms with Gasteiger partial charge in [-0.15, -0.1) is 0 Å². The van der Waals surface area contributed by atoms with Gasteiger partial charge in [0.05, 0.1) is 0 Å². The summed E-state index contributed by atoms with van der Waals surface area (Å²) in [6.07, 6.45) is 1.16. The van der Waals surface area contributed by atoms with Crippen LogP contribution in [-0.4, -0.2) is 18.6 Å². The molecular weight excluding hydrogens is 220 g/mol. The Hall–Kier alpha value is -1.02. The topological polar surface area (TPSA) is 15.3 Å². The summed E-state index contributed by atoms with van der Waals surface area (Å²) < 4.78 is 0. The highest BCUT2D eigenvalue weighted by Crippen LogP contribution is 2.22. The fourth-order valence-corrected chi connectivity index (χ4v) is 1.88. The monoisotopic (exact) mass is 248 g/mol. The molecule has 1 aromatic carbocycles. The minimum absolute atomic E-state index is 0.155. The van der Waals surface area contributed by atoms with Gasteiger partial charge in [0.2, 0.25) is 0 Å². The number of anilines is 1. The summed E-state index contributed by atoms with van der Waals surface area (Å²) in [5, 5.41) is 3.56. The van der Waals surface area contributed by atoms with Crippen LogP contribution in [0.2, 0.25) is 0 Å². The Bertz CT molecular complexity index is 366. The Balaban J connectivity index is 2.86. The number of nitrogens with zero attached hydrogens (tertiary/aromatic N) is 1. The van der Waals surface area contributed by atoms with E-state index in [4.69, 9.17) is 0 Å². The molecule has 1 aromatic rings. The third kappa shape index (κ3) is 4.34. The fraction of sp³-hybridized carbons (Fsp3) is 0.625. The second-order valence-electron chi connectivity index (χ2n) is 6.10. The zero-order valence-electron chi connectivity index (χ0n) is 12.7. The summed E-state index contributed by atoms with van der Waals surface area (Å²) >= 11 is 0. The molecule has 0 aliphatic carbocycles. The van der Waals surface area contributed by atoms with Gasteiger partial charge in [-0.3, -0.25) is 0 Å². The van der Waals surface area contributed by atoms with Gasteiger partial charge in [-0.25, -0.2) is 0 Å². The fourth-order valence-electron chi connectivity index (χ4n) is 1.88. The van der Waals surface area contributed by atoms with Crippen LogP contribution in [0.4, 0.5) is 5.69 Å². The van der Waals surface area contributed by atoms with E-state index in [-0.39, 0.29) is 5.54 Å². The molecule has 1 unspecified atom stereocenters. The predicted molar refractivity (Wildman–Crippen MR) is 81.2 cm³/mol. The third-order valence-electron chi connectivity index (χ3n) is 3.43. The van der Waals surface area contributed by atoms with Crippen molar-refractivity contribution in [3.05, 3.63) is 29.8 Å². The summed E-state index contributed by atoms with van der Waals surface area (Å²) in [5.41, 5.74) is 2.86. The van der Waals surface area contributed by atoms with Crippen LogP contribution in [0.1, 0.15) is 46.6 Å². The summed E-state index contributed by atoms with van der Waals surface area (Å²) in [7, 11) is 2.18. The van der Waals surface area contributed by atoms with E-state index in [0.29, 0.717) is 6.04 Å². The summed E-state index contributed by atoms with van der Waals surface area (Å²) in [5.74, 6) is 0. The van der Waals surface area contributed by atoms with Crippen LogP contribution in [0.3, 0.4) is 0 Å². The maximum atomic E-state index is 3.56. The van der Waals surface area contributed by atoms with Gasteiger partial charge in [-0.05, 0) is 45.7 Å². The SMILES string of the molecule is CCC(C)N(C)c1ccccc1CNC(C)(C)C. The molecule has 0 spiro atoms. The maximum Gasteiger partial charge on any atom is 0.0411 e. The van der Waals surface area contributed by atoms with E-state index in [0.717, 1.165) is 13.0 Å². The van der Waals surface area contributed by atoms with E-state index in [9.17, 15) is 0 Å². The molecule has 2 nitrogen and oxygen atoms in total. The molecule has 2 heteroatoms. The van der Waals surface area contributed by atoms with Gasteiger partial charge in [-0.1, -0.05) is 25.1 Å². The van der Waals surface area contributed by atoms with E-state index in [2.05, 4.69) is 76.1 Å². The van der Waals surface area contributed by atoms with Crippen molar-refractivity contribution in [2.24, 2.45) is 0 Å². The lowest BCUT2D eigenvalue weighted by atomic mass is 10.1. The molecule has 0 fully saturated rings. The number of para-hydroxylation sites is 1. The maximum absolute atomic E-state index is 3.56. The highest BCUT2D eigenvalue weighted by atomic mass is 15.1. The van der Waals surface area contributed by atoms with Crippen LogP contribution >= 0.6 is 0 Å². The van der Waals surface area contributed by atoms with E-state index in [1.807, 2.05) is 0 Å². The van der Waals surface area contributed by atoms with Crippen molar-refractivity contribution in [2.45, 2.75) is 59.2 Å². The van der Waals surface area contributed by atoms with Gasteiger partial charge >= 0.3 is 0 Å². The van der Waals surface area contributed by atoms with Gasteiger partial charge < -0.3 is 10.2 Å². The molecule has 0 amide bonds. The Morgan fingerprint density at radius 2 is 1.83 bits per heavy atom. The molecule has 0 heterocycles. The first-order chi connectivity index (χ1) is 8.35. The summed E-state index contributed by atoms with van der Waals surface area (Å²) in [6, 6.07) is 9.24. The summed E-state index contributed by atoms with van der Waals surface area (Å²) in [6.45, 7) is 12.0. The Morgan fingerprint density at radius 1 is 1.22 bits per heavy atom. The van der Waals surface area contributed by atoms with Crippen LogP contribution in [0.15, 0.2) is 24.3 Å². The molecule has 0 saturated carbocycles. The molecule has 0 aromatic heterocycles. The first kappa shape index (κ1) is 15.0. The van der Waals surface area contributed by atoms with Crippen molar-refractivity contribution in [1.82, 2.24) is 5.32 Å². The second-order valence-corrected chi connectivity index (χ2v) is 6.10. The van der Waals surface area contributed by atoms with Crippen molar-refractivity contribution < 1.29 is 0 Å². The molecule has 18 heavy (non-hydrogen) atoms. The third-order valence-corrected chi connectivity index (χ3v) is 3.43. The van der Waals surface area contributed by atoms with E-state index >= 15 is 0 Å². The molecule has 0 saturated heterocycles. The molecule has 1 N–H and O–H groups in total. The molecule has 1 rings (SSSR count). The van der Waals surface area contributed by atoms with Gasteiger partial charge in [-0.2, -0.15) is 0 Å². The average Bonchev–Trinajstić information content (AvgIpc) is 2.34. The molecule has 0 radical (unpaired) electrons. The highest BCUT2D eigenvalue weighted by molar-refractivity contribution is 5.53. The first-order valence-electron chi connectivity index (χ1n) is 6.91. The second kappa shape index (κ2) is 6.24. The normalized spacial score (nSPS) is 13.4. The predicted octanol–water partition coefficient (Wildman–Crippen LogP) is 3.81. The largest absolute Gasteiger partial charge is 0.372 e. The van der Waals surface area contributed by atoms with E-state index in [1.165, 1.54) is 11.3 Å². The van der Waals surface area contributed by atoms with Gasteiger partial charge in [0.15, 0.2) is 0 Å². The Kier molecular flexibility index (Phi) is 5.21. The number of hydrogen-bond donors (Lipinski definition) is 1. The first-order valence-corrected chi connectivity index (χ1v) is 6.91. The van der Waals surface area contributed by atoms with Crippen LogP contribution < -0.4 is 10.2 Å². The molecular formula is C16H28N2. The highest BCUT2D eigenvalue weighted by Gasteiger charge is 2.14. The quantitative estimate of drug-likeness (QED) is 0.852. The number of benzene rings is 1. The standard InChI is InChI=1S/C16H28N2/c1-7-13(2)18(6)15-11-9-8-10-14(15)12-17-16(3,4)5/h8-11,13,17H,7,12H2,1-6H3. The Labute approximate surface area is 112 Å². The lowest BCUT2D eigenvalue weighted by Crippen LogP contribution is -2.36. The van der Waals surface area contributed by atoms with Gasteiger partial charge in [0.25, 0.3) is 0 Å². The van der Waals surface area contributed by atoms with Gasteiger partial charge in [0.1, 0.15) is 0 Å². The van der Waals surface area contributed by atoms with Crippen LogP contribution in [0.25, 0.3) is 0 Å². The minimum Gasteiger partial charge on any atom is -0.372 e. The van der Waals surface area contributed by atoms with Crippen LogP contribution in [-0.2, 0) is 6.54 Å². The van der Waals surface area contributed by atoms with Crippen molar-refractivity contribution in [3.8, 4) is 0 Å². The molecule has 0 aliphatic heterocycles. The molecule has 1 atom stereocenters. The lowest BCUT2D eigenvalue weighted by Gasteiger charge is -2.29. The van der Waals surface area contributed by atoms with E-state index < -0.39 is 0 Å². The zero-order chi connectivity index (χ0) is 13.8. The lowest BCUT2D eigenvalue weighted by molar-refractivity contribution is 0.424. The van der Waals surface area contributed by atoms with Crippen LogP contribution in [0.5, 0.6) is 0 Å². The molecule has 0 aliphatic rings. The molecule has 102 valence electrons. The van der Waals surface area contributed by atoms with Gasteiger partial charge in [0, 0.05) is 30.9 Å². The van der Waals surface area contributed by atoms with Crippen molar-refractivity contribution in [1.29, 1.82) is 0 Å². The molecule has 0 bridgehead atoms. The minimum atomic E-state index is 0.155. The van der Waals surface area contributed by atoms with Crippen molar-refractivity contribution >= 4 is 5.69 Å². The average molecular weight is 248 g/mol. The number of nitrogens with one attached hydrogen (secondary N) is 1. The van der Waals surface area contributed by atoms with Crippen LogP contribution in [0, 0.1) is 0 Å².